The molecule has 110 valence electrons. The van der Waals surface area contributed by atoms with Gasteiger partial charge in [0.1, 0.15) is 0 Å². The smallest absolute Gasteiger partial charge is 0.0278 e. The normalized spacial score (nSPS) is 47.5. The highest BCUT2D eigenvalue weighted by Crippen LogP contribution is 2.34. The van der Waals surface area contributed by atoms with Gasteiger partial charge in [-0.25, -0.2) is 0 Å². The summed E-state index contributed by atoms with van der Waals surface area (Å²) in [6.45, 7) is 13.6. The molecule has 4 fully saturated rings. The number of hydrogen-bond acceptors (Lipinski definition) is 3. The lowest BCUT2D eigenvalue weighted by molar-refractivity contribution is -0.0439. The average molecular weight is 265 g/mol. The maximum Gasteiger partial charge on any atom is 0.0278 e. The molecule has 19 heavy (non-hydrogen) atoms. The lowest BCUT2D eigenvalue weighted by Crippen LogP contribution is -2.69. The van der Waals surface area contributed by atoms with Gasteiger partial charge in [0.2, 0.25) is 0 Å². The SMILES string of the molecule is CCC1CNC(C)(CC)CN1C1CN2CCC1CC2. The van der Waals surface area contributed by atoms with Crippen LogP contribution in [0.1, 0.15) is 46.5 Å². The molecule has 1 N–H and O–H groups in total. The molecule has 0 aromatic heterocycles. The molecule has 4 aliphatic rings. The van der Waals surface area contributed by atoms with Gasteiger partial charge < -0.3 is 10.2 Å². The maximum absolute atomic E-state index is 3.80. The largest absolute Gasteiger partial charge is 0.309 e. The summed E-state index contributed by atoms with van der Waals surface area (Å²) in [5.74, 6) is 0.971. The Morgan fingerprint density at radius 2 is 1.95 bits per heavy atom. The van der Waals surface area contributed by atoms with Crippen molar-refractivity contribution in [1.82, 2.24) is 15.1 Å². The lowest BCUT2D eigenvalue weighted by atomic mass is 9.80. The molecule has 0 aromatic carbocycles. The first-order valence-electron chi connectivity index (χ1n) is 8.38. The molecular formula is C16H31N3. The first-order chi connectivity index (χ1) is 9.15. The zero-order chi connectivity index (χ0) is 13.5. The average Bonchev–Trinajstić information content (AvgIpc) is 2.48. The van der Waals surface area contributed by atoms with E-state index in [2.05, 4.69) is 35.9 Å². The molecule has 3 unspecified atom stereocenters. The highest BCUT2D eigenvalue weighted by Gasteiger charge is 2.43. The fourth-order valence-corrected chi connectivity index (χ4v) is 4.38. The summed E-state index contributed by atoms with van der Waals surface area (Å²) in [5.41, 5.74) is 0.331. The van der Waals surface area contributed by atoms with E-state index in [0.29, 0.717) is 5.54 Å². The van der Waals surface area contributed by atoms with Crippen LogP contribution < -0.4 is 5.32 Å². The van der Waals surface area contributed by atoms with Crippen LogP contribution >= 0.6 is 0 Å². The summed E-state index contributed by atoms with van der Waals surface area (Å²) in [7, 11) is 0. The van der Waals surface area contributed by atoms with Crippen LogP contribution in [0.2, 0.25) is 0 Å². The molecular weight excluding hydrogens is 234 g/mol. The van der Waals surface area contributed by atoms with Crippen molar-refractivity contribution >= 4 is 0 Å². The molecule has 3 heteroatoms. The molecule has 0 saturated carbocycles. The van der Waals surface area contributed by atoms with E-state index >= 15 is 0 Å². The van der Waals surface area contributed by atoms with Crippen molar-refractivity contribution in [2.24, 2.45) is 5.92 Å². The molecule has 0 aliphatic carbocycles. The van der Waals surface area contributed by atoms with E-state index in [1.807, 2.05) is 0 Å². The zero-order valence-corrected chi connectivity index (χ0v) is 13.0. The van der Waals surface area contributed by atoms with E-state index in [9.17, 15) is 0 Å². The molecule has 4 saturated heterocycles. The van der Waals surface area contributed by atoms with Gasteiger partial charge in [-0.2, -0.15) is 0 Å². The first-order valence-corrected chi connectivity index (χ1v) is 8.38. The van der Waals surface area contributed by atoms with E-state index in [4.69, 9.17) is 0 Å². The summed E-state index contributed by atoms with van der Waals surface area (Å²) in [4.78, 5) is 5.58. The van der Waals surface area contributed by atoms with Gasteiger partial charge in [-0.1, -0.05) is 13.8 Å². The van der Waals surface area contributed by atoms with E-state index in [0.717, 1.165) is 18.0 Å². The molecule has 0 radical (unpaired) electrons. The van der Waals surface area contributed by atoms with Gasteiger partial charge in [-0.15, -0.1) is 0 Å². The number of fused-ring (bicyclic) bond motifs is 3. The Hall–Kier alpha value is -0.120. The Morgan fingerprint density at radius 3 is 2.47 bits per heavy atom. The molecule has 0 spiro atoms. The van der Waals surface area contributed by atoms with Crippen LogP contribution in [0.25, 0.3) is 0 Å². The van der Waals surface area contributed by atoms with Crippen LogP contribution in [0.3, 0.4) is 0 Å². The van der Waals surface area contributed by atoms with E-state index in [1.54, 1.807) is 0 Å². The summed E-state index contributed by atoms with van der Waals surface area (Å²) in [6.07, 6.45) is 5.40. The zero-order valence-electron chi connectivity index (χ0n) is 13.0. The Balaban J connectivity index is 1.75. The molecule has 0 amide bonds. The quantitative estimate of drug-likeness (QED) is 0.841. The van der Waals surface area contributed by atoms with Crippen LogP contribution in [0.15, 0.2) is 0 Å². The van der Waals surface area contributed by atoms with Crippen molar-refractivity contribution < 1.29 is 0 Å². The fraction of sp³-hybridized carbons (Fsp3) is 1.00. The van der Waals surface area contributed by atoms with Crippen LogP contribution in [0, 0.1) is 5.92 Å². The first kappa shape index (κ1) is 13.8. The van der Waals surface area contributed by atoms with Gasteiger partial charge in [-0.05, 0) is 51.6 Å². The third-order valence-electron chi connectivity index (χ3n) is 6.06. The van der Waals surface area contributed by atoms with Gasteiger partial charge in [0.05, 0.1) is 0 Å². The molecule has 2 bridgehead atoms. The van der Waals surface area contributed by atoms with Gasteiger partial charge in [0, 0.05) is 37.3 Å². The molecule has 4 rings (SSSR count). The second-order valence-corrected chi connectivity index (χ2v) is 7.23. The lowest BCUT2D eigenvalue weighted by Gasteiger charge is -2.55. The minimum Gasteiger partial charge on any atom is -0.309 e. The fourth-order valence-electron chi connectivity index (χ4n) is 4.38. The van der Waals surface area contributed by atoms with E-state index in [1.165, 1.54) is 58.4 Å². The van der Waals surface area contributed by atoms with Crippen molar-refractivity contribution in [2.75, 3.05) is 32.7 Å². The number of piperidine rings is 3. The van der Waals surface area contributed by atoms with E-state index < -0.39 is 0 Å². The number of nitrogens with one attached hydrogen (secondary N) is 1. The summed E-state index contributed by atoms with van der Waals surface area (Å²) in [5, 5.41) is 3.80. The third kappa shape index (κ3) is 2.57. The third-order valence-corrected chi connectivity index (χ3v) is 6.06. The standard InChI is InChI=1S/C16H31N3/c1-4-14-10-17-16(3,5-2)12-19(14)15-11-18-8-6-13(15)7-9-18/h13-15,17H,4-12H2,1-3H3. The Bertz CT molecular complexity index is 311. The topological polar surface area (TPSA) is 18.5 Å². The number of piperazine rings is 1. The maximum atomic E-state index is 3.80. The minimum absolute atomic E-state index is 0.331. The van der Waals surface area contributed by atoms with Crippen molar-refractivity contribution in [3.05, 3.63) is 0 Å². The second-order valence-electron chi connectivity index (χ2n) is 7.23. The van der Waals surface area contributed by atoms with Gasteiger partial charge in [-0.3, -0.25) is 4.90 Å². The highest BCUT2D eigenvalue weighted by molar-refractivity contribution is 5.01. The number of hydrogen-bond donors (Lipinski definition) is 1. The summed E-state index contributed by atoms with van der Waals surface area (Å²) < 4.78 is 0. The predicted molar refractivity (Wildman–Crippen MR) is 80.4 cm³/mol. The Labute approximate surface area is 118 Å². The highest BCUT2D eigenvalue weighted by atomic mass is 15.3. The number of nitrogens with zero attached hydrogens (tertiary/aromatic N) is 2. The van der Waals surface area contributed by atoms with Crippen LogP contribution in [-0.4, -0.2) is 60.1 Å². The summed E-state index contributed by atoms with van der Waals surface area (Å²) >= 11 is 0. The minimum atomic E-state index is 0.331. The Kier molecular flexibility index (Phi) is 3.89. The second kappa shape index (κ2) is 5.34. The van der Waals surface area contributed by atoms with Crippen molar-refractivity contribution in [3.8, 4) is 0 Å². The number of rotatable bonds is 3. The van der Waals surface area contributed by atoms with Gasteiger partial charge in [0.25, 0.3) is 0 Å². The molecule has 4 aliphatic heterocycles. The summed E-state index contributed by atoms with van der Waals surface area (Å²) in [6, 6.07) is 1.59. The van der Waals surface area contributed by atoms with Crippen LogP contribution in [-0.2, 0) is 0 Å². The molecule has 0 aromatic rings. The van der Waals surface area contributed by atoms with Crippen molar-refractivity contribution in [1.29, 1.82) is 0 Å². The van der Waals surface area contributed by atoms with Gasteiger partial charge in [0.15, 0.2) is 0 Å². The molecule has 3 atom stereocenters. The van der Waals surface area contributed by atoms with Crippen molar-refractivity contribution in [3.63, 3.8) is 0 Å². The van der Waals surface area contributed by atoms with Gasteiger partial charge >= 0.3 is 0 Å². The van der Waals surface area contributed by atoms with Crippen LogP contribution in [0.5, 0.6) is 0 Å². The monoisotopic (exact) mass is 265 g/mol. The predicted octanol–water partition coefficient (Wildman–Crippen LogP) is 1.93. The molecule has 3 nitrogen and oxygen atoms in total. The Morgan fingerprint density at radius 1 is 1.21 bits per heavy atom. The molecule has 4 heterocycles. The van der Waals surface area contributed by atoms with Crippen LogP contribution in [0.4, 0.5) is 0 Å². The van der Waals surface area contributed by atoms with Crippen molar-refractivity contribution in [2.45, 2.75) is 64.1 Å². The van der Waals surface area contributed by atoms with E-state index in [-0.39, 0.29) is 0 Å².